The second-order valence-electron chi connectivity index (χ2n) is 18.8. The third kappa shape index (κ3) is 8.82. The average molecular weight is 865 g/mol. The van der Waals surface area contributed by atoms with E-state index < -0.39 is 24.1 Å². The number of fused-ring (bicyclic) bond motifs is 5. The number of carbonyl (C=O) groups is 3. The van der Waals surface area contributed by atoms with E-state index in [1.54, 1.807) is 42.5 Å². The van der Waals surface area contributed by atoms with E-state index in [0.717, 1.165) is 49.7 Å². The van der Waals surface area contributed by atoms with Crippen LogP contribution in [0, 0.1) is 46.3 Å². The normalized spacial score (nSPS) is 31.3. The molecule has 7 rings (SSSR count). The number of rotatable bonds is 11. The molecule has 4 fully saturated rings. The first-order valence-electron chi connectivity index (χ1n) is 21.6. The molecule has 0 heterocycles. The second kappa shape index (κ2) is 18.0. The maximum atomic E-state index is 13.4. The molecule has 60 heavy (non-hydrogen) atoms. The van der Waals surface area contributed by atoms with Crippen molar-refractivity contribution in [1.82, 2.24) is 0 Å². The van der Waals surface area contributed by atoms with Crippen LogP contribution in [0.2, 0.25) is 10.0 Å². The monoisotopic (exact) mass is 863 g/mol. The molecule has 4 N–H and O–H groups in total. The van der Waals surface area contributed by atoms with Gasteiger partial charge in [-0.15, -0.1) is 0 Å². The van der Waals surface area contributed by atoms with Crippen LogP contribution < -0.4 is 14.8 Å². The van der Waals surface area contributed by atoms with E-state index in [0.29, 0.717) is 24.3 Å². The molecular weight excluding hydrogens is 805 g/mol. The molecule has 0 spiro atoms. The summed E-state index contributed by atoms with van der Waals surface area (Å²) >= 11 is 13.1. The highest BCUT2D eigenvalue weighted by molar-refractivity contribution is 6.39. The summed E-state index contributed by atoms with van der Waals surface area (Å²) in [6.45, 7) is 10.7. The Balaban J connectivity index is 0.951. The van der Waals surface area contributed by atoms with Gasteiger partial charge >= 0.3 is 17.8 Å². The first kappa shape index (κ1) is 44.4. The molecule has 3 aromatic carbocycles. The largest absolute Gasteiger partial charge is 0.454 e. The maximum Gasteiger partial charge on any atom is 0.397 e. The number of ether oxygens (including phenoxy) is 3. The van der Waals surface area contributed by atoms with Crippen LogP contribution in [0.5, 0.6) is 17.2 Å². The molecule has 4 aliphatic carbocycles. The van der Waals surface area contributed by atoms with Gasteiger partial charge in [0.25, 0.3) is 0 Å². The molecule has 324 valence electrons. The highest BCUT2D eigenvalue weighted by atomic mass is 35.5. The van der Waals surface area contributed by atoms with E-state index in [1.807, 2.05) is 19.9 Å². The minimum atomic E-state index is -1.06. The molecule has 0 bridgehead atoms. The Morgan fingerprint density at radius 2 is 1.60 bits per heavy atom. The molecule has 11 atom stereocenters. The standard InChI is InChI=1S/C48H59Cl2NO9/c1-26(2)33-23-32(59-44-37(49)21-30(22-38(44)50)51-45(56)46(57)58-25-28-9-7-6-8-10-28)12-15-40(33)60-42(55)16-11-27(3)34-13-14-35-43-36(24-41(54)48(34,35)5)47(4)18-17-31(52)19-29(47)20-39(43)53/h6-10,12,15,21-23,26-27,29,31,34-36,39,41,43,52-54H,11,13-14,16-20,24-25H2,1-5H3,(H,51,56)/t27-,29+,31-,34-,35+,36+,39-,41+,43+,47+,48-/m1/s1. The molecule has 4 aliphatic rings. The first-order chi connectivity index (χ1) is 28.5. The number of nitrogens with one attached hydrogen (secondary N) is 1. The van der Waals surface area contributed by atoms with Crippen molar-refractivity contribution >= 4 is 46.7 Å². The predicted molar refractivity (Wildman–Crippen MR) is 230 cm³/mol. The minimum absolute atomic E-state index is 0.0210. The Bertz CT molecular complexity index is 2040. The van der Waals surface area contributed by atoms with Crippen molar-refractivity contribution in [1.29, 1.82) is 0 Å². The Kier molecular flexibility index (Phi) is 13.3. The van der Waals surface area contributed by atoms with E-state index in [-0.39, 0.29) is 98.8 Å². The van der Waals surface area contributed by atoms with Gasteiger partial charge in [0.15, 0.2) is 5.75 Å². The van der Waals surface area contributed by atoms with E-state index in [4.69, 9.17) is 37.4 Å². The summed E-state index contributed by atoms with van der Waals surface area (Å²) in [6, 6.07) is 17.0. The molecule has 4 saturated carbocycles. The van der Waals surface area contributed by atoms with Gasteiger partial charge in [0.05, 0.1) is 28.4 Å². The number of anilines is 1. The van der Waals surface area contributed by atoms with Crippen LogP contribution in [0.4, 0.5) is 5.69 Å². The first-order valence-corrected chi connectivity index (χ1v) is 22.3. The maximum absolute atomic E-state index is 13.4. The Hall–Kier alpha value is -3.67. The van der Waals surface area contributed by atoms with Crippen molar-refractivity contribution in [2.75, 3.05) is 5.32 Å². The average Bonchev–Trinajstić information content (AvgIpc) is 3.57. The highest BCUT2D eigenvalue weighted by Crippen LogP contribution is 2.68. The van der Waals surface area contributed by atoms with Crippen LogP contribution in [0.25, 0.3) is 0 Å². The lowest BCUT2D eigenvalue weighted by atomic mass is 9.43. The summed E-state index contributed by atoms with van der Waals surface area (Å²) in [7, 11) is 0. The number of halogens is 2. The van der Waals surface area contributed by atoms with Gasteiger partial charge in [0.1, 0.15) is 18.1 Å². The number of aliphatic hydroxyl groups excluding tert-OH is 3. The summed E-state index contributed by atoms with van der Waals surface area (Å²) in [5, 5.41) is 36.7. The second-order valence-corrected chi connectivity index (χ2v) is 19.6. The molecule has 10 nitrogen and oxygen atoms in total. The summed E-state index contributed by atoms with van der Waals surface area (Å²) < 4.78 is 17.2. The summed E-state index contributed by atoms with van der Waals surface area (Å²) in [5.41, 5.74) is 1.35. The topological polar surface area (TPSA) is 152 Å². The molecule has 0 unspecified atom stereocenters. The fraction of sp³-hybridized carbons (Fsp3) is 0.562. The lowest BCUT2D eigenvalue weighted by Gasteiger charge is -2.63. The van der Waals surface area contributed by atoms with Crippen LogP contribution in [0.1, 0.15) is 109 Å². The van der Waals surface area contributed by atoms with Crippen molar-refractivity contribution in [3.05, 3.63) is 81.8 Å². The number of aliphatic hydroxyl groups is 3. The van der Waals surface area contributed by atoms with Gasteiger partial charge < -0.3 is 34.8 Å². The number of amides is 1. The number of hydrogen-bond donors (Lipinski definition) is 4. The molecular formula is C48H59Cl2NO9. The van der Waals surface area contributed by atoms with Crippen molar-refractivity contribution in [3.8, 4) is 17.2 Å². The van der Waals surface area contributed by atoms with Crippen LogP contribution in [0.3, 0.4) is 0 Å². The van der Waals surface area contributed by atoms with Crippen LogP contribution in [-0.2, 0) is 25.7 Å². The van der Waals surface area contributed by atoms with Gasteiger partial charge in [-0.25, -0.2) is 4.79 Å². The Labute approximate surface area is 363 Å². The summed E-state index contributed by atoms with van der Waals surface area (Å²) in [5.74, 6) is -0.186. The van der Waals surface area contributed by atoms with Gasteiger partial charge in [0.2, 0.25) is 0 Å². The minimum Gasteiger partial charge on any atom is -0.454 e. The molecule has 0 radical (unpaired) electrons. The smallest absolute Gasteiger partial charge is 0.397 e. The van der Waals surface area contributed by atoms with Crippen LogP contribution >= 0.6 is 23.2 Å². The van der Waals surface area contributed by atoms with Crippen molar-refractivity contribution in [2.45, 2.75) is 123 Å². The predicted octanol–water partition coefficient (Wildman–Crippen LogP) is 9.87. The molecule has 3 aromatic rings. The molecule has 0 aromatic heterocycles. The van der Waals surface area contributed by atoms with Crippen LogP contribution in [-0.4, -0.2) is 51.5 Å². The van der Waals surface area contributed by atoms with E-state index in [1.165, 1.54) is 12.1 Å². The number of benzene rings is 3. The fourth-order valence-corrected chi connectivity index (χ4v) is 12.4. The van der Waals surface area contributed by atoms with Crippen molar-refractivity contribution < 1.29 is 43.9 Å². The Morgan fingerprint density at radius 3 is 2.30 bits per heavy atom. The van der Waals surface area contributed by atoms with Gasteiger partial charge in [-0.05, 0) is 140 Å². The van der Waals surface area contributed by atoms with Crippen molar-refractivity contribution in [2.24, 2.45) is 46.3 Å². The number of esters is 2. The quantitative estimate of drug-likeness (QED) is 0.0839. The fourth-order valence-electron chi connectivity index (χ4n) is 11.8. The zero-order chi connectivity index (χ0) is 43.1. The number of hydrogen-bond acceptors (Lipinski definition) is 9. The molecule has 0 saturated heterocycles. The molecule has 12 heteroatoms. The number of carbonyl (C=O) groups excluding carboxylic acids is 3. The van der Waals surface area contributed by atoms with Gasteiger partial charge in [-0.2, -0.15) is 0 Å². The molecule has 0 aliphatic heterocycles. The lowest BCUT2D eigenvalue weighted by molar-refractivity contribution is -0.207. The SMILES string of the molecule is CC(C)c1cc(Oc2c(Cl)cc(NC(=O)C(=O)OCc3ccccc3)cc2Cl)ccc1OC(=O)CC[C@@H](C)[C@H]1CC[C@H]2[C@@H]3[C@H](O)C[C@@H]4C[C@H](O)CC[C@]4(C)[C@H]3C[C@H](O)[C@]12C. The van der Waals surface area contributed by atoms with Crippen LogP contribution in [0.15, 0.2) is 60.7 Å². The van der Waals surface area contributed by atoms with Gasteiger partial charge in [0, 0.05) is 17.7 Å². The third-order valence-electron chi connectivity index (χ3n) is 15.0. The lowest BCUT2D eigenvalue weighted by Crippen LogP contribution is -2.62. The highest BCUT2D eigenvalue weighted by Gasteiger charge is 2.65. The van der Waals surface area contributed by atoms with E-state index >= 15 is 0 Å². The third-order valence-corrected chi connectivity index (χ3v) is 15.6. The van der Waals surface area contributed by atoms with Crippen molar-refractivity contribution in [3.63, 3.8) is 0 Å². The van der Waals surface area contributed by atoms with Gasteiger partial charge in [-0.3, -0.25) is 9.59 Å². The zero-order valence-electron chi connectivity index (χ0n) is 35.2. The molecule has 1 amide bonds. The summed E-state index contributed by atoms with van der Waals surface area (Å²) in [4.78, 5) is 38.2. The Morgan fingerprint density at radius 1 is 0.883 bits per heavy atom. The zero-order valence-corrected chi connectivity index (χ0v) is 36.7. The van der Waals surface area contributed by atoms with E-state index in [9.17, 15) is 29.7 Å². The summed E-state index contributed by atoms with van der Waals surface area (Å²) in [6.07, 6.45) is 5.41. The van der Waals surface area contributed by atoms with Gasteiger partial charge in [-0.1, -0.05) is 88.2 Å². The van der Waals surface area contributed by atoms with E-state index in [2.05, 4.69) is 26.1 Å².